The maximum Gasteiger partial charge on any atom is 0.408 e. The molecule has 2 amide bonds. The van der Waals surface area contributed by atoms with Gasteiger partial charge in [-0.25, -0.2) is 10.3 Å². The molecule has 6 nitrogen and oxygen atoms in total. The summed E-state index contributed by atoms with van der Waals surface area (Å²) in [5, 5.41) is 11.0. The quantitative estimate of drug-likeness (QED) is 0.512. The van der Waals surface area contributed by atoms with E-state index >= 15 is 0 Å². The molecule has 7 heteroatoms. The van der Waals surface area contributed by atoms with E-state index in [9.17, 15) is 9.59 Å². The molecule has 3 N–H and O–H groups in total. The standard InChI is InChI=1S/C10H20N2O4S/c1-10(2,3)16-9(14)11-7(5-6-17-4)8(13)12-15/h7,15H,5-6H2,1-4H3,(H,11,14)(H,12,13). The summed E-state index contributed by atoms with van der Waals surface area (Å²) in [5.74, 6) is 0.0401. The van der Waals surface area contributed by atoms with Gasteiger partial charge in [0.25, 0.3) is 5.91 Å². The summed E-state index contributed by atoms with van der Waals surface area (Å²) in [4.78, 5) is 22.7. The van der Waals surface area contributed by atoms with Crippen molar-refractivity contribution in [1.29, 1.82) is 0 Å². The minimum atomic E-state index is -0.790. The van der Waals surface area contributed by atoms with E-state index in [1.165, 1.54) is 5.48 Å². The summed E-state index contributed by atoms with van der Waals surface area (Å²) in [6.07, 6.45) is 1.64. The number of carbonyl (C=O) groups is 2. The highest BCUT2D eigenvalue weighted by atomic mass is 32.2. The van der Waals surface area contributed by atoms with Crippen LogP contribution in [0.4, 0.5) is 4.79 Å². The van der Waals surface area contributed by atoms with Gasteiger partial charge >= 0.3 is 6.09 Å². The number of rotatable bonds is 5. The molecule has 1 atom stereocenters. The zero-order chi connectivity index (χ0) is 13.5. The van der Waals surface area contributed by atoms with Crippen LogP contribution in [-0.2, 0) is 9.53 Å². The van der Waals surface area contributed by atoms with Crippen molar-refractivity contribution in [1.82, 2.24) is 10.8 Å². The van der Waals surface area contributed by atoms with Crippen LogP contribution in [0.25, 0.3) is 0 Å². The lowest BCUT2D eigenvalue weighted by molar-refractivity contribution is -0.131. The number of nitrogens with one attached hydrogen (secondary N) is 2. The second-order valence-corrected chi connectivity index (χ2v) is 5.44. The van der Waals surface area contributed by atoms with Crippen molar-refractivity contribution >= 4 is 23.8 Å². The molecule has 0 fully saturated rings. The van der Waals surface area contributed by atoms with Gasteiger partial charge in [0.05, 0.1) is 0 Å². The van der Waals surface area contributed by atoms with Crippen molar-refractivity contribution in [2.45, 2.75) is 38.8 Å². The van der Waals surface area contributed by atoms with Gasteiger partial charge in [-0.3, -0.25) is 10.0 Å². The number of alkyl carbamates (subject to hydrolysis) is 1. The topological polar surface area (TPSA) is 87.7 Å². The second-order valence-electron chi connectivity index (χ2n) is 4.46. The average Bonchev–Trinajstić information content (AvgIpc) is 2.20. The first-order valence-corrected chi connectivity index (χ1v) is 6.62. The van der Waals surface area contributed by atoms with E-state index in [1.54, 1.807) is 32.5 Å². The van der Waals surface area contributed by atoms with Gasteiger partial charge in [0.1, 0.15) is 11.6 Å². The van der Waals surface area contributed by atoms with Gasteiger partial charge in [0.15, 0.2) is 0 Å². The Hall–Kier alpha value is -0.950. The lowest BCUT2D eigenvalue weighted by Gasteiger charge is -2.22. The molecule has 0 aromatic carbocycles. The molecule has 0 spiro atoms. The largest absolute Gasteiger partial charge is 0.444 e. The van der Waals surface area contributed by atoms with E-state index in [2.05, 4.69) is 5.32 Å². The molecule has 0 saturated heterocycles. The Morgan fingerprint density at radius 2 is 2.00 bits per heavy atom. The Morgan fingerprint density at radius 3 is 2.41 bits per heavy atom. The van der Waals surface area contributed by atoms with E-state index < -0.39 is 23.6 Å². The molecule has 0 heterocycles. The Bertz CT molecular complexity index is 266. The Balaban J connectivity index is 4.32. The number of thioether (sulfide) groups is 1. The summed E-state index contributed by atoms with van der Waals surface area (Å²) in [7, 11) is 0. The maximum absolute atomic E-state index is 11.5. The molecule has 100 valence electrons. The normalized spacial score (nSPS) is 12.8. The molecular formula is C10H20N2O4S. The third-order valence-electron chi connectivity index (χ3n) is 1.73. The fourth-order valence-electron chi connectivity index (χ4n) is 1.03. The SMILES string of the molecule is CSCCC(NC(=O)OC(C)(C)C)C(=O)NO. The molecule has 17 heavy (non-hydrogen) atoms. The highest BCUT2D eigenvalue weighted by Gasteiger charge is 2.23. The Kier molecular flexibility index (Phi) is 6.98. The second kappa shape index (κ2) is 7.39. The number of hydroxylamine groups is 1. The molecule has 0 aliphatic heterocycles. The molecular weight excluding hydrogens is 244 g/mol. The smallest absolute Gasteiger partial charge is 0.408 e. The number of hydrogen-bond donors (Lipinski definition) is 3. The lowest BCUT2D eigenvalue weighted by atomic mass is 10.2. The predicted molar refractivity (Wildman–Crippen MR) is 66.1 cm³/mol. The minimum absolute atomic E-state index is 0.423. The van der Waals surface area contributed by atoms with E-state index in [1.807, 2.05) is 6.26 Å². The first-order chi connectivity index (χ1) is 7.80. The molecule has 0 aromatic rings. The lowest BCUT2D eigenvalue weighted by Crippen LogP contribution is -2.47. The summed E-state index contributed by atoms with van der Waals surface area (Å²) in [6.45, 7) is 5.20. The zero-order valence-corrected chi connectivity index (χ0v) is 11.4. The highest BCUT2D eigenvalue weighted by molar-refractivity contribution is 7.98. The summed E-state index contributed by atoms with van der Waals surface area (Å²) < 4.78 is 5.02. The van der Waals surface area contributed by atoms with E-state index in [0.717, 1.165) is 0 Å². The van der Waals surface area contributed by atoms with Crippen LogP contribution in [0.1, 0.15) is 27.2 Å². The Labute approximate surface area is 105 Å². The number of amides is 2. The number of ether oxygens (including phenoxy) is 1. The molecule has 0 rings (SSSR count). The van der Waals surface area contributed by atoms with Crippen LogP contribution in [0.15, 0.2) is 0 Å². The van der Waals surface area contributed by atoms with Crippen LogP contribution in [0.5, 0.6) is 0 Å². The molecule has 1 unspecified atom stereocenters. The first-order valence-electron chi connectivity index (χ1n) is 5.22. The van der Waals surface area contributed by atoms with Crippen LogP contribution in [0.2, 0.25) is 0 Å². The third kappa shape index (κ3) is 7.87. The van der Waals surface area contributed by atoms with Gasteiger partial charge in [-0.05, 0) is 39.2 Å². The van der Waals surface area contributed by atoms with Gasteiger partial charge in [-0.2, -0.15) is 11.8 Å². The van der Waals surface area contributed by atoms with Gasteiger partial charge in [0, 0.05) is 0 Å². The van der Waals surface area contributed by atoms with Crippen molar-refractivity contribution in [3.63, 3.8) is 0 Å². The number of carbonyl (C=O) groups excluding carboxylic acids is 2. The molecule has 0 radical (unpaired) electrons. The highest BCUT2D eigenvalue weighted by Crippen LogP contribution is 2.08. The zero-order valence-electron chi connectivity index (χ0n) is 10.6. The monoisotopic (exact) mass is 264 g/mol. The predicted octanol–water partition coefficient (Wildman–Crippen LogP) is 1.14. The van der Waals surface area contributed by atoms with Crippen LogP contribution in [0, 0.1) is 0 Å². The maximum atomic E-state index is 11.5. The fourth-order valence-corrected chi connectivity index (χ4v) is 1.50. The van der Waals surface area contributed by atoms with Crippen LogP contribution >= 0.6 is 11.8 Å². The molecule has 0 saturated carbocycles. The third-order valence-corrected chi connectivity index (χ3v) is 2.37. The van der Waals surface area contributed by atoms with Gasteiger partial charge in [-0.1, -0.05) is 0 Å². The van der Waals surface area contributed by atoms with Crippen molar-refractivity contribution in [2.24, 2.45) is 0 Å². The minimum Gasteiger partial charge on any atom is -0.444 e. The fraction of sp³-hybridized carbons (Fsp3) is 0.800. The van der Waals surface area contributed by atoms with Crippen molar-refractivity contribution in [3.05, 3.63) is 0 Å². The summed E-state index contributed by atoms with van der Waals surface area (Å²) in [6, 6.07) is -0.790. The van der Waals surface area contributed by atoms with Crippen LogP contribution in [0.3, 0.4) is 0 Å². The summed E-state index contributed by atoms with van der Waals surface area (Å²) in [5.41, 5.74) is 0.902. The van der Waals surface area contributed by atoms with E-state index in [0.29, 0.717) is 12.2 Å². The van der Waals surface area contributed by atoms with E-state index in [4.69, 9.17) is 9.94 Å². The van der Waals surface area contributed by atoms with Gasteiger partial charge < -0.3 is 10.1 Å². The molecule has 0 aliphatic carbocycles. The average molecular weight is 264 g/mol. The Morgan fingerprint density at radius 1 is 1.41 bits per heavy atom. The van der Waals surface area contributed by atoms with Crippen molar-refractivity contribution in [3.8, 4) is 0 Å². The van der Waals surface area contributed by atoms with Gasteiger partial charge in [-0.15, -0.1) is 0 Å². The van der Waals surface area contributed by atoms with Crippen molar-refractivity contribution in [2.75, 3.05) is 12.0 Å². The first kappa shape index (κ1) is 16.1. The number of hydrogen-bond acceptors (Lipinski definition) is 5. The van der Waals surface area contributed by atoms with Crippen LogP contribution in [-0.4, -0.2) is 40.9 Å². The van der Waals surface area contributed by atoms with Crippen molar-refractivity contribution < 1.29 is 19.5 Å². The molecule has 0 bridgehead atoms. The molecule has 0 aromatic heterocycles. The van der Waals surface area contributed by atoms with Crippen LogP contribution < -0.4 is 10.8 Å². The summed E-state index contributed by atoms with van der Waals surface area (Å²) >= 11 is 1.54. The van der Waals surface area contributed by atoms with E-state index in [-0.39, 0.29) is 0 Å². The molecule has 0 aliphatic rings. The van der Waals surface area contributed by atoms with Gasteiger partial charge in [0.2, 0.25) is 0 Å².